The smallest absolute Gasteiger partial charge is 0.338 e. The minimum Gasteiger partial charge on any atom is -0.465 e. The minimum absolute atomic E-state index is 0.0166. The summed E-state index contributed by atoms with van der Waals surface area (Å²) < 4.78 is 4.53. The second-order valence-electron chi connectivity index (χ2n) is 3.68. The van der Waals surface area contributed by atoms with Gasteiger partial charge in [0.2, 0.25) is 5.91 Å². The number of nitrogens with zero attached hydrogens (tertiary/aromatic N) is 1. The third-order valence-electron chi connectivity index (χ3n) is 2.63. The van der Waals surface area contributed by atoms with Gasteiger partial charge in [-0.1, -0.05) is 6.07 Å². The topological polar surface area (TPSA) is 80.8 Å². The molecule has 6 nitrogen and oxygen atoms in total. The highest BCUT2D eigenvalue weighted by Crippen LogP contribution is 2.31. The standard InChI is InChI=1S/C12H9NO5/c1-6(14)13-8-5-3-4-7(12(17)18-2)9(8)10(15)11(13)16/h3-5H,1-2H3. The van der Waals surface area contributed by atoms with Gasteiger partial charge in [-0.2, -0.15) is 0 Å². The summed E-state index contributed by atoms with van der Waals surface area (Å²) >= 11 is 0. The van der Waals surface area contributed by atoms with Crippen molar-refractivity contribution in [2.24, 2.45) is 0 Å². The van der Waals surface area contributed by atoms with Crippen LogP contribution in [0.1, 0.15) is 27.6 Å². The third-order valence-corrected chi connectivity index (χ3v) is 2.63. The number of carbonyl (C=O) groups is 4. The monoisotopic (exact) mass is 247 g/mol. The van der Waals surface area contributed by atoms with Crippen molar-refractivity contribution in [3.8, 4) is 0 Å². The lowest BCUT2D eigenvalue weighted by atomic mass is 10.0. The Bertz CT molecular complexity index is 590. The predicted molar refractivity (Wildman–Crippen MR) is 60.3 cm³/mol. The number of hydrogen-bond acceptors (Lipinski definition) is 5. The lowest BCUT2D eigenvalue weighted by Gasteiger charge is -2.11. The van der Waals surface area contributed by atoms with Crippen LogP contribution in [0, 0.1) is 0 Å². The van der Waals surface area contributed by atoms with Crippen molar-refractivity contribution in [1.82, 2.24) is 0 Å². The number of anilines is 1. The molecule has 0 bridgehead atoms. The number of imide groups is 1. The Morgan fingerprint density at radius 2 is 1.89 bits per heavy atom. The summed E-state index contributed by atoms with van der Waals surface area (Å²) in [6.07, 6.45) is 0. The number of rotatable bonds is 1. The molecule has 0 atom stereocenters. The fourth-order valence-electron chi connectivity index (χ4n) is 1.88. The Labute approximate surface area is 102 Å². The van der Waals surface area contributed by atoms with Gasteiger partial charge in [-0.25, -0.2) is 9.69 Å². The maximum Gasteiger partial charge on any atom is 0.338 e. The van der Waals surface area contributed by atoms with Crippen molar-refractivity contribution in [1.29, 1.82) is 0 Å². The number of fused-ring (bicyclic) bond motifs is 1. The number of ether oxygens (including phenoxy) is 1. The van der Waals surface area contributed by atoms with E-state index in [1.807, 2.05) is 0 Å². The zero-order valence-corrected chi connectivity index (χ0v) is 9.72. The fraction of sp³-hybridized carbons (Fsp3) is 0.167. The SMILES string of the molecule is COC(=O)c1cccc2c1C(=O)C(=O)N2C(C)=O. The normalized spacial score (nSPS) is 13.6. The zero-order chi connectivity index (χ0) is 13.4. The van der Waals surface area contributed by atoms with Crippen LogP contribution in [0.4, 0.5) is 5.69 Å². The molecule has 0 fully saturated rings. The van der Waals surface area contributed by atoms with Crippen LogP contribution >= 0.6 is 0 Å². The molecule has 2 rings (SSSR count). The number of ketones is 1. The molecule has 1 aliphatic heterocycles. The molecule has 0 unspecified atom stereocenters. The van der Waals surface area contributed by atoms with Gasteiger partial charge in [-0.05, 0) is 12.1 Å². The molecule has 0 saturated heterocycles. The summed E-state index contributed by atoms with van der Waals surface area (Å²) in [6, 6.07) is 4.29. The lowest BCUT2D eigenvalue weighted by Crippen LogP contribution is -2.33. The highest BCUT2D eigenvalue weighted by atomic mass is 16.5. The van der Waals surface area contributed by atoms with Crippen LogP contribution in [-0.2, 0) is 14.3 Å². The van der Waals surface area contributed by atoms with Crippen LogP contribution in [-0.4, -0.2) is 30.7 Å². The van der Waals surface area contributed by atoms with E-state index in [1.54, 1.807) is 0 Å². The van der Waals surface area contributed by atoms with Crippen LogP contribution in [0.5, 0.6) is 0 Å². The Hall–Kier alpha value is -2.50. The van der Waals surface area contributed by atoms with Crippen molar-refractivity contribution in [2.45, 2.75) is 6.92 Å². The molecule has 2 amide bonds. The highest BCUT2D eigenvalue weighted by molar-refractivity contribution is 6.57. The summed E-state index contributed by atoms with van der Waals surface area (Å²) in [5.74, 6) is -3.12. The molecule has 92 valence electrons. The third kappa shape index (κ3) is 1.50. The number of Topliss-reactive ketones (excluding diaryl/α,β-unsaturated/α-hetero) is 1. The maximum atomic E-state index is 11.8. The van der Waals surface area contributed by atoms with E-state index in [9.17, 15) is 19.2 Å². The van der Waals surface area contributed by atoms with Gasteiger partial charge in [0.05, 0.1) is 23.9 Å². The van der Waals surface area contributed by atoms with Crippen molar-refractivity contribution < 1.29 is 23.9 Å². The largest absolute Gasteiger partial charge is 0.465 e. The molecule has 1 heterocycles. The molecular formula is C12H9NO5. The minimum atomic E-state index is -0.950. The van der Waals surface area contributed by atoms with E-state index in [4.69, 9.17) is 0 Å². The van der Waals surface area contributed by atoms with Crippen molar-refractivity contribution >= 4 is 29.3 Å². The molecule has 0 spiro atoms. The molecule has 0 aliphatic carbocycles. The first-order chi connectivity index (χ1) is 8.49. The molecule has 18 heavy (non-hydrogen) atoms. The number of benzene rings is 1. The van der Waals surface area contributed by atoms with Crippen LogP contribution in [0.15, 0.2) is 18.2 Å². The first-order valence-electron chi connectivity index (χ1n) is 5.09. The number of hydrogen-bond donors (Lipinski definition) is 0. The van der Waals surface area contributed by atoms with Gasteiger partial charge in [-0.15, -0.1) is 0 Å². The van der Waals surface area contributed by atoms with Crippen molar-refractivity contribution in [2.75, 3.05) is 12.0 Å². The van der Waals surface area contributed by atoms with Crippen LogP contribution < -0.4 is 4.90 Å². The fourth-order valence-corrected chi connectivity index (χ4v) is 1.88. The molecule has 1 aromatic carbocycles. The van der Waals surface area contributed by atoms with Crippen LogP contribution in [0.25, 0.3) is 0 Å². The van der Waals surface area contributed by atoms with E-state index < -0.39 is 23.6 Å². The van der Waals surface area contributed by atoms with Gasteiger partial charge in [0, 0.05) is 6.92 Å². The Morgan fingerprint density at radius 3 is 2.44 bits per heavy atom. The summed E-state index contributed by atoms with van der Waals surface area (Å²) in [7, 11) is 1.17. The first kappa shape index (κ1) is 12.0. The number of esters is 1. The average molecular weight is 247 g/mol. The van der Waals surface area contributed by atoms with Gasteiger partial charge < -0.3 is 4.74 Å². The van der Waals surface area contributed by atoms with Gasteiger partial charge in [0.25, 0.3) is 5.78 Å². The van der Waals surface area contributed by atoms with Gasteiger partial charge in [0.15, 0.2) is 0 Å². The van der Waals surface area contributed by atoms with E-state index in [0.717, 1.165) is 4.90 Å². The van der Waals surface area contributed by atoms with Crippen LogP contribution in [0.3, 0.4) is 0 Å². The average Bonchev–Trinajstić information content (AvgIpc) is 2.61. The van der Waals surface area contributed by atoms with Crippen molar-refractivity contribution in [3.63, 3.8) is 0 Å². The number of amides is 2. The van der Waals surface area contributed by atoms with E-state index in [0.29, 0.717) is 0 Å². The predicted octanol–water partition coefficient (Wildman–Crippen LogP) is 0.549. The van der Waals surface area contributed by atoms with Gasteiger partial charge in [0.1, 0.15) is 0 Å². The number of carbonyl (C=O) groups excluding carboxylic acids is 4. The Balaban J connectivity index is 2.69. The molecular weight excluding hydrogens is 238 g/mol. The molecule has 1 aliphatic rings. The summed E-state index contributed by atoms with van der Waals surface area (Å²) in [6.45, 7) is 1.17. The second kappa shape index (κ2) is 4.06. The van der Waals surface area contributed by atoms with E-state index in [2.05, 4.69) is 4.74 Å². The zero-order valence-electron chi connectivity index (χ0n) is 9.72. The van der Waals surface area contributed by atoms with Crippen molar-refractivity contribution in [3.05, 3.63) is 29.3 Å². The summed E-state index contributed by atoms with van der Waals surface area (Å²) in [4.78, 5) is 47.1. The van der Waals surface area contributed by atoms with E-state index in [1.165, 1.54) is 32.2 Å². The second-order valence-corrected chi connectivity index (χ2v) is 3.68. The molecule has 1 aromatic rings. The highest BCUT2D eigenvalue weighted by Gasteiger charge is 2.41. The van der Waals surface area contributed by atoms with E-state index >= 15 is 0 Å². The lowest BCUT2D eigenvalue weighted by molar-refractivity contribution is -0.122. The van der Waals surface area contributed by atoms with Crippen LogP contribution in [0.2, 0.25) is 0 Å². The summed E-state index contributed by atoms with van der Waals surface area (Å²) in [5, 5.41) is 0. The molecule has 0 N–H and O–H groups in total. The molecule has 0 radical (unpaired) electrons. The summed E-state index contributed by atoms with van der Waals surface area (Å²) in [5.41, 5.74) is 0.0297. The van der Waals surface area contributed by atoms with Gasteiger partial charge >= 0.3 is 11.9 Å². The molecule has 0 saturated carbocycles. The Morgan fingerprint density at radius 1 is 1.22 bits per heavy atom. The Kier molecular flexibility index (Phi) is 2.70. The maximum absolute atomic E-state index is 11.8. The first-order valence-corrected chi connectivity index (χ1v) is 5.09. The molecule has 6 heteroatoms. The number of methoxy groups -OCH3 is 1. The molecule has 0 aromatic heterocycles. The van der Waals surface area contributed by atoms with Gasteiger partial charge in [-0.3, -0.25) is 14.4 Å². The van der Waals surface area contributed by atoms with E-state index in [-0.39, 0.29) is 16.8 Å². The quantitative estimate of drug-likeness (QED) is 0.534.